The van der Waals surface area contributed by atoms with Gasteiger partial charge in [-0.3, -0.25) is 4.79 Å². The zero-order valence-corrected chi connectivity index (χ0v) is 6.45. The molecule has 2 rings (SSSR count). The summed E-state index contributed by atoms with van der Waals surface area (Å²) in [6, 6.07) is 0. The van der Waals surface area contributed by atoms with Gasteiger partial charge in [-0.15, -0.1) is 0 Å². The van der Waals surface area contributed by atoms with E-state index in [1.165, 1.54) is 0 Å². The van der Waals surface area contributed by atoms with Gasteiger partial charge < -0.3 is 5.73 Å². The SMILES string of the molecule is NC(=O)C1=CC2=CCC=CC2=N1. The molecule has 0 aromatic heterocycles. The summed E-state index contributed by atoms with van der Waals surface area (Å²) in [5.74, 6) is -0.466. The van der Waals surface area contributed by atoms with Crippen molar-refractivity contribution < 1.29 is 4.79 Å². The van der Waals surface area contributed by atoms with Crippen LogP contribution in [-0.2, 0) is 4.79 Å². The first kappa shape index (κ1) is 7.03. The number of primary amides is 1. The number of carbonyl (C=O) groups is 1. The van der Waals surface area contributed by atoms with Gasteiger partial charge in [0.1, 0.15) is 5.70 Å². The molecule has 2 N–H and O–H groups in total. The van der Waals surface area contributed by atoms with Crippen LogP contribution in [0.5, 0.6) is 0 Å². The maximum absolute atomic E-state index is 10.7. The Kier molecular flexibility index (Phi) is 1.43. The highest BCUT2D eigenvalue weighted by Crippen LogP contribution is 2.20. The molecule has 12 heavy (non-hydrogen) atoms. The molecule has 3 heteroatoms. The number of hydrogen-bond donors (Lipinski definition) is 1. The number of aliphatic imine (C=N–C) groups is 1. The molecular formula is C9H8N2O. The molecule has 0 aromatic carbocycles. The van der Waals surface area contributed by atoms with Crippen molar-refractivity contribution in [2.24, 2.45) is 10.7 Å². The van der Waals surface area contributed by atoms with Crippen LogP contribution < -0.4 is 5.73 Å². The van der Waals surface area contributed by atoms with Crippen molar-refractivity contribution >= 4 is 11.6 Å². The van der Waals surface area contributed by atoms with Gasteiger partial charge in [0.05, 0.1) is 5.71 Å². The maximum Gasteiger partial charge on any atom is 0.267 e. The third-order valence-electron chi connectivity index (χ3n) is 1.83. The van der Waals surface area contributed by atoms with Crippen LogP contribution in [0, 0.1) is 0 Å². The number of rotatable bonds is 1. The summed E-state index contributed by atoms with van der Waals surface area (Å²) >= 11 is 0. The van der Waals surface area contributed by atoms with Gasteiger partial charge in [0.25, 0.3) is 5.91 Å². The third-order valence-corrected chi connectivity index (χ3v) is 1.83. The molecule has 2 aliphatic rings. The van der Waals surface area contributed by atoms with Crippen LogP contribution >= 0.6 is 0 Å². The fourth-order valence-electron chi connectivity index (χ4n) is 1.25. The molecule has 0 saturated carbocycles. The van der Waals surface area contributed by atoms with E-state index in [0.29, 0.717) is 5.70 Å². The second-order valence-electron chi connectivity index (χ2n) is 2.69. The number of amides is 1. The maximum atomic E-state index is 10.7. The van der Waals surface area contributed by atoms with Crippen molar-refractivity contribution in [2.75, 3.05) is 0 Å². The van der Waals surface area contributed by atoms with Crippen molar-refractivity contribution in [2.45, 2.75) is 6.42 Å². The minimum absolute atomic E-state index is 0.350. The highest BCUT2D eigenvalue weighted by Gasteiger charge is 2.16. The molecule has 0 radical (unpaired) electrons. The minimum Gasteiger partial charge on any atom is -0.364 e. The summed E-state index contributed by atoms with van der Waals surface area (Å²) in [6.45, 7) is 0. The Hall–Kier alpha value is -1.64. The minimum atomic E-state index is -0.466. The molecule has 1 aliphatic heterocycles. The van der Waals surface area contributed by atoms with Crippen molar-refractivity contribution in [3.63, 3.8) is 0 Å². The summed E-state index contributed by atoms with van der Waals surface area (Å²) in [5, 5.41) is 0. The molecule has 0 unspecified atom stereocenters. The number of fused-ring (bicyclic) bond motifs is 1. The van der Waals surface area contributed by atoms with Gasteiger partial charge in [0.2, 0.25) is 0 Å². The van der Waals surface area contributed by atoms with Crippen LogP contribution in [0.25, 0.3) is 0 Å². The second-order valence-corrected chi connectivity index (χ2v) is 2.69. The predicted octanol–water partition coefficient (Wildman–Crippen LogP) is 0.697. The van der Waals surface area contributed by atoms with Gasteiger partial charge in [0, 0.05) is 0 Å². The molecule has 0 aromatic rings. The topological polar surface area (TPSA) is 55.5 Å². The lowest BCUT2D eigenvalue weighted by Crippen LogP contribution is -2.11. The highest BCUT2D eigenvalue weighted by molar-refractivity contribution is 6.16. The van der Waals surface area contributed by atoms with Crippen LogP contribution in [0.15, 0.2) is 40.6 Å². The number of allylic oxidation sites excluding steroid dienone is 5. The largest absolute Gasteiger partial charge is 0.364 e. The van der Waals surface area contributed by atoms with E-state index in [0.717, 1.165) is 17.7 Å². The van der Waals surface area contributed by atoms with Crippen LogP contribution in [0.2, 0.25) is 0 Å². The molecule has 0 saturated heterocycles. The van der Waals surface area contributed by atoms with Crippen molar-refractivity contribution in [3.05, 3.63) is 35.6 Å². The Morgan fingerprint density at radius 1 is 1.58 bits per heavy atom. The molecule has 3 nitrogen and oxygen atoms in total. The normalized spacial score (nSPS) is 19.5. The van der Waals surface area contributed by atoms with Crippen LogP contribution in [0.3, 0.4) is 0 Å². The molecular weight excluding hydrogens is 152 g/mol. The monoisotopic (exact) mass is 160 g/mol. The lowest BCUT2D eigenvalue weighted by molar-refractivity contribution is -0.114. The van der Waals surface area contributed by atoms with Crippen molar-refractivity contribution in [3.8, 4) is 0 Å². The summed E-state index contributed by atoms with van der Waals surface area (Å²) in [4.78, 5) is 14.8. The summed E-state index contributed by atoms with van der Waals surface area (Å²) in [7, 11) is 0. The summed E-state index contributed by atoms with van der Waals surface area (Å²) in [6.07, 6.45) is 8.55. The van der Waals surface area contributed by atoms with E-state index in [4.69, 9.17) is 5.73 Å². The van der Waals surface area contributed by atoms with Crippen LogP contribution in [0.1, 0.15) is 6.42 Å². The van der Waals surface area contributed by atoms with E-state index in [9.17, 15) is 4.79 Å². The number of nitrogens with zero attached hydrogens (tertiary/aromatic N) is 1. The van der Waals surface area contributed by atoms with Crippen molar-refractivity contribution in [1.29, 1.82) is 0 Å². The summed E-state index contributed by atoms with van der Waals surface area (Å²) < 4.78 is 0. The molecule has 0 fully saturated rings. The van der Waals surface area contributed by atoms with E-state index in [1.54, 1.807) is 6.08 Å². The molecule has 1 heterocycles. The predicted molar refractivity (Wildman–Crippen MR) is 46.6 cm³/mol. The summed E-state index contributed by atoms with van der Waals surface area (Å²) in [5.41, 5.74) is 7.28. The van der Waals surface area contributed by atoms with Crippen LogP contribution in [-0.4, -0.2) is 11.6 Å². The number of hydrogen-bond acceptors (Lipinski definition) is 2. The smallest absolute Gasteiger partial charge is 0.267 e. The fraction of sp³-hybridized carbons (Fsp3) is 0.111. The molecule has 1 amide bonds. The highest BCUT2D eigenvalue weighted by atomic mass is 16.1. The first-order chi connectivity index (χ1) is 5.77. The zero-order valence-electron chi connectivity index (χ0n) is 6.45. The Morgan fingerprint density at radius 2 is 2.42 bits per heavy atom. The average Bonchev–Trinajstić information content (AvgIpc) is 2.46. The van der Waals surface area contributed by atoms with Gasteiger partial charge in [-0.05, 0) is 24.1 Å². The van der Waals surface area contributed by atoms with Gasteiger partial charge >= 0.3 is 0 Å². The first-order valence-electron chi connectivity index (χ1n) is 3.74. The van der Waals surface area contributed by atoms with E-state index >= 15 is 0 Å². The lowest BCUT2D eigenvalue weighted by atomic mass is 10.1. The van der Waals surface area contributed by atoms with Gasteiger partial charge in [-0.2, -0.15) is 0 Å². The van der Waals surface area contributed by atoms with Gasteiger partial charge in [0.15, 0.2) is 0 Å². The lowest BCUT2D eigenvalue weighted by Gasteiger charge is -1.99. The Bertz CT molecular complexity index is 359. The van der Waals surface area contributed by atoms with Gasteiger partial charge in [-0.1, -0.05) is 12.2 Å². The average molecular weight is 160 g/mol. The molecule has 60 valence electrons. The number of nitrogens with two attached hydrogens (primary N) is 1. The quantitative estimate of drug-likeness (QED) is 0.603. The fourth-order valence-corrected chi connectivity index (χ4v) is 1.25. The number of carbonyl (C=O) groups excluding carboxylic acids is 1. The Morgan fingerprint density at radius 3 is 3.08 bits per heavy atom. The van der Waals surface area contributed by atoms with E-state index in [-0.39, 0.29) is 0 Å². The van der Waals surface area contributed by atoms with E-state index in [1.807, 2.05) is 18.2 Å². The zero-order chi connectivity index (χ0) is 8.55. The third kappa shape index (κ3) is 0.993. The standard InChI is InChI=1S/C9H8N2O/c10-9(12)8-5-6-3-1-2-4-7(6)11-8/h2-5H,1H2,(H2,10,12). The van der Waals surface area contributed by atoms with E-state index in [2.05, 4.69) is 4.99 Å². The Balaban J connectivity index is 2.40. The van der Waals surface area contributed by atoms with Gasteiger partial charge in [-0.25, -0.2) is 4.99 Å². The van der Waals surface area contributed by atoms with Crippen LogP contribution in [0.4, 0.5) is 0 Å². The molecule has 1 aliphatic carbocycles. The molecule has 0 atom stereocenters. The molecule has 0 bridgehead atoms. The Labute approximate surface area is 70.0 Å². The van der Waals surface area contributed by atoms with E-state index < -0.39 is 5.91 Å². The second kappa shape index (κ2) is 2.44. The first-order valence-corrected chi connectivity index (χ1v) is 3.74. The van der Waals surface area contributed by atoms with Crippen molar-refractivity contribution in [1.82, 2.24) is 0 Å². The molecule has 0 spiro atoms.